The molecule has 0 aromatic heterocycles. The molecule has 19 heavy (non-hydrogen) atoms. The van der Waals surface area contributed by atoms with Crippen LogP contribution in [0.1, 0.15) is 30.9 Å². The molecule has 3 heteroatoms. The Bertz CT molecular complexity index is 560. The fraction of sp³-hybridized carbons (Fsp3) is 0.312. The molecule has 100 valence electrons. The number of fused-ring (bicyclic) bond motifs is 1. The Labute approximate surface area is 113 Å². The molecule has 2 N–H and O–H groups in total. The van der Waals surface area contributed by atoms with Gasteiger partial charge in [-0.25, -0.2) is 0 Å². The van der Waals surface area contributed by atoms with E-state index in [-0.39, 0.29) is 12.5 Å². The summed E-state index contributed by atoms with van der Waals surface area (Å²) >= 11 is 0. The molecule has 2 aromatic carbocycles. The van der Waals surface area contributed by atoms with Gasteiger partial charge in [-0.05, 0) is 36.2 Å². The second kappa shape index (κ2) is 6.34. The second-order valence-electron chi connectivity index (χ2n) is 4.70. The molecule has 1 unspecified atom stereocenters. The standard InChI is InChI=1S/C16H19NO2/c1-17-15(10-5-11-16(18)19)14-9-4-7-12-6-2-3-8-13(12)14/h2-4,6-9,15,17H,5,10-11H2,1H3,(H,18,19). The molecule has 0 radical (unpaired) electrons. The van der Waals surface area contributed by atoms with Crippen LogP contribution in [0.15, 0.2) is 42.5 Å². The maximum absolute atomic E-state index is 10.6. The van der Waals surface area contributed by atoms with Crippen molar-refractivity contribution in [1.29, 1.82) is 0 Å². The molecule has 3 nitrogen and oxygen atoms in total. The average Bonchev–Trinajstić information content (AvgIpc) is 2.43. The Morgan fingerprint density at radius 3 is 2.68 bits per heavy atom. The average molecular weight is 257 g/mol. The summed E-state index contributed by atoms with van der Waals surface area (Å²) in [5.74, 6) is -0.729. The summed E-state index contributed by atoms with van der Waals surface area (Å²) in [5.41, 5.74) is 1.24. The van der Waals surface area contributed by atoms with E-state index in [1.807, 2.05) is 19.2 Å². The quantitative estimate of drug-likeness (QED) is 0.834. The zero-order valence-corrected chi connectivity index (χ0v) is 11.1. The van der Waals surface area contributed by atoms with Crippen LogP contribution in [0.3, 0.4) is 0 Å². The first-order chi connectivity index (χ1) is 9.22. The van der Waals surface area contributed by atoms with Crippen LogP contribution in [0, 0.1) is 0 Å². The third kappa shape index (κ3) is 3.32. The summed E-state index contributed by atoms with van der Waals surface area (Å²) in [6.07, 6.45) is 1.74. The Morgan fingerprint density at radius 2 is 1.95 bits per heavy atom. The van der Waals surface area contributed by atoms with Crippen molar-refractivity contribution in [3.8, 4) is 0 Å². The van der Waals surface area contributed by atoms with Gasteiger partial charge in [-0.2, -0.15) is 0 Å². The SMILES string of the molecule is CNC(CCCC(=O)O)c1cccc2ccccc12. The third-order valence-corrected chi connectivity index (χ3v) is 3.43. The lowest BCUT2D eigenvalue weighted by Gasteiger charge is -2.18. The minimum atomic E-state index is -0.729. The number of carboxylic acid groups (broad SMARTS) is 1. The lowest BCUT2D eigenvalue weighted by atomic mass is 9.95. The van der Waals surface area contributed by atoms with Crippen LogP contribution in [0.5, 0.6) is 0 Å². The van der Waals surface area contributed by atoms with E-state index >= 15 is 0 Å². The topological polar surface area (TPSA) is 49.3 Å². The van der Waals surface area contributed by atoms with Gasteiger partial charge in [0, 0.05) is 12.5 Å². The fourth-order valence-electron chi connectivity index (χ4n) is 2.47. The van der Waals surface area contributed by atoms with Crippen molar-refractivity contribution in [2.45, 2.75) is 25.3 Å². The summed E-state index contributed by atoms with van der Waals surface area (Å²) in [7, 11) is 1.92. The van der Waals surface area contributed by atoms with Gasteiger partial charge in [0.1, 0.15) is 0 Å². The van der Waals surface area contributed by atoms with Gasteiger partial charge in [0.05, 0.1) is 0 Å². The van der Waals surface area contributed by atoms with Crippen molar-refractivity contribution in [2.24, 2.45) is 0 Å². The molecule has 0 aliphatic rings. The summed E-state index contributed by atoms with van der Waals surface area (Å²) in [4.78, 5) is 10.6. The maximum Gasteiger partial charge on any atom is 0.303 e. The van der Waals surface area contributed by atoms with Crippen molar-refractivity contribution in [3.63, 3.8) is 0 Å². The Balaban J connectivity index is 2.22. The first kappa shape index (κ1) is 13.6. The van der Waals surface area contributed by atoms with Gasteiger partial charge in [0.15, 0.2) is 0 Å². The Kier molecular flexibility index (Phi) is 4.53. The molecule has 0 amide bonds. The molecule has 0 aliphatic heterocycles. The molecule has 2 rings (SSSR count). The van der Waals surface area contributed by atoms with Gasteiger partial charge in [0.25, 0.3) is 0 Å². The van der Waals surface area contributed by atoms with Crippen LogP contribution in [-0.4, -0.2) is 18.1 Å². The largest absolute Gasteiger partial charge is 0.481 e. The zero-order chi connectivity index (χ0) is 13.7. The molecule has 0 fully saturated rings. The highest BCUT2D eigenvalue weighted by Crippen LogP contribution is 2.27. The van der Waals surface area contributed by atoms with Gasteiger partial charge in [0.2, 0.25) is 0 Å². The predicted molar refractivity (Wildman–Crippen MR) is 77.2 cm³/mol. The number of rotatable bonds is 6. The molecular weight excluding hydrogens is 238 g/mol. The van der Waals surface area contributed by atoms with E-state index in [9.17, 15) is 4.79 Å². The van der Waals surface area contributed by atoms with E-state index in [1.54, 1.807) is 0 Å². The van der Waals surface area contributed by atoms with Crippen molar-refractivity contribution >= 4 is 16.7 Å². The van der Waals surface area contributed by atoms with Crippen LogP contribution in [0.4, 0.5) is 0 Å². The Morgan fingerprint density at radius 1 is 1.21 bits per heavy atom. The number of hydrogen-bond donors (Lipinski definition) is 2. The first-order valence-electron chi connectivity index (χ1n) is 6.59. The van der Waals surface area contributed by atoms with Gasteiger partial charge in [-0.3, -0.25) is 4.79 Å². The molecular formula is C16H19NO2. The van der Waals surface area contributed by atoms with E-state index in [4.69, 9.17) is 5.11 Å². The smallest absolute Gasteiger partial charge is 0.303 e. The van der Waals surface area contributed by atoms with E-state index in [1.165, 1.54) is 16.3 Å². The number of aliphatic carboxylic acids is 1. The molecule has 2 aromatic rings. The van der Waals surface area contributed by atoms with Crippen LogP contribution < -0.4 is 5.32 Å². The lowest BCUT2D eigenvalue weighted by Crippen LogP contribution is -2.17. The van der Waals surface area contributed by atoms with E-state index in [0.717, 1.165) is 6.42 Å². The number of hydrogen-bond acceptors (Lipinski definition) is 2. The summed E-state index contributed by atoms with van der Waals surface area (Å²) in [5, 5.41) is 14.5. The summed E-state index contributed by atoms with van der Waals surface area (Å²) < 4.78 is 0. The predicted octanol–water partition coefficient (Wildman–Crippen LogP) is 3.36. The van der Waals surface area contributed by atoms with E-state index in [0.29, 0.717) is 6.42 Å². The van der Waals surface area contributed by atoms with Crippen LogP contribution >= 0.6 is 0 Å². The monoisotopic (exact) mass is 257 g/mol. The third-order valence-electron chi connectivity index (χ3n) is 3.43. The van der Waals surface area contributed by atoms with Crippen LogP contribution in [0.25, 0.3) is 10.8 Å². The van der Waals surface area contributed by atoms with Crippen molar-refractivity contribution in [1.82, 2.24) is 5.32 Å². The van der Waals surface area contributed by atoms with Crippen molar-refractivity contribution in [3.05, 3.63) is 48.0 Å². The Hall–Kier alpha value is -1.87. The molecule has 0 saturated carbocycles. The van der Waals surface area contributed by atoms with Crippen molar-refractivity contribution in [2.75, 3.05) is 7.05 Å². The van der Waals surface area contributed by atoms with Gasteiger partial charge >= 0.3 is 5.97 Å². The second-order valence-corrected chi connectivity index (χ2v) is 4.70. The highest BCUT2D eigenvalue weighted by atomic mass is 16.4. The molecule has 0 saturated heterocycles. The maximum atomic E-state index is 10.6. The number of carbonyl (C=O) groups is 1. The van der Waals surface area contributed by atoms with Crippen LogP contribution in [-0.2, 0) is 4.79 Å². The number of carboxylic acids is 1. The van der Waals surface area contributed by atoms with Crippen molar-refractivity contribution < 1.29 is 9.90 Å². The minimum absolute atomic E-state index is 0.199. The van der Waals surface area contributed by atoms with E-state index < -0.39 is 5.97 Å². The number of nitrogens with one attached hydrogen (secondary N) is 1. The summed E-state index contributed by atoms with van der Waals surface area (Å²) in [6, 6.07) is 14.8. The lowest BCUT2D eigenvalue weighted by molar-refractivity contribution is -0.137. The minimum Gasteiger partial charge on any atom is -0.481 e. The zero-order valence-electron chi connectivity index (χ0n) is 11.1. The van der Waals surface area contributed by atoms with E-state index in [2.05, 4.69) is 35.6 Å². The number of benzene rings is 2. The van der Waals surface area contributed by atoms with Gasteiger partial charge < -0.3 is 10.4 Å². The normalized spacial score (nSPS) is 12.5. The highest BCUT2D eigenvalue weighted by molar-refractivity contribution is 5.86. The highest BCUT2D eigenvalue weighted by Gasteiger charge is 2.12. The molecule has 1 atom stereocenters. The van der Waals surface area contributed by atoms with Crippen LogP contribution in [0.2, 0.25) is 0 Å². The molecule has 0 bridgehead atoms. The molecule has 0 heterocycles. The molecule has 0 aliphatic carbocycles. The van der Waals surface area contributed by atoms with Gasteiger partial charge in [-0.1, -0.05) is 42.5 Å². The molecule has 0 spiro atoms. The summed E-state index contributed by atoms with van der Waals surface area (Å²) in [6.45, 7) is 0. The first-order valence-corrected chi connectivity index (χ1v) is 6.59. The van der Waals surface area contributed by atoms with Gasteiger partial charge in [-0.15, -0.1) is 0 Å². The fourth-order valence-corrected chi connectivity index (χ4v) is 2.47.